The second kappa shape index (κ2) is 10.5. The van der Waals surface area contributed by atoms with Gasteiger partial charge in [0, 0.05) is 11.3 Å². The summed E-state index contributed by atoms with van der Waals surface area (Å²) in [4.78, 5) is 12.4. The van der Waals surface area contributed by atoms with E-state index in [0.717, 1.165) is 39.6 Å². The highest BCUT2D eigenvalue weighted by Gasteiger charge is 2.41. The van der Waals surface area contributed by atoms with E-state index >= 15 is 0 Å². The predicted octanol–water partition coefficient (Wildman–Crippen LogP) is 7.35. The van der Waals surface area contributed by atoms with E-state index in [1.54, 1.807) is 32.4 Å². The van der Waals surface area contributed by atoms with Gasteiger partial charge in [0.15, 0.2) is 29.0 Å². The summed E-state index contributed by atoms with van der Waals surface area (Å²) in [6.07, 6.45) is 0. The topological polar surface area (TPSA) is 96.5 Å². The number of aliphatic imine (C=N–C) groups is 2. The molecule has 43 heavy (non-hydrogen) atoms. The van der Waals surface area contributed by atoms with Gasteiger partial charge in [-0.25, -0.2) is 14.7 Å². The van der Waals surface area contributed by atoms with Gasteiger partial charge in [-0.15, -0.1) is 0 Å². The molecule has 7 rings (SSSR count). The van der Waals surface area contributed by atoms with Gasteiger partial charge in [-0.3, -0.25) is 0 Å². The lowest BCUT2D eigenvalue weighted by molar-refractivity contribution is 0.372. The standard InChI is InChI=1S/C33H27ClN6O3/c1-19-29-30(20-13-15-26(41)28(17-20)43-3)39-25-12-8-7-11-24(25)36-31(35-21-14-16-27(42-2)23(34)18-21)33(39)37-32(29)40(38-19)22-9-5-4-6-10-22/h4-18,30,41H,1-3H3,(H,35,36). The Balaban J connectivity index is 1.48. The molecule has 0 saturated carbocycles. The molecule has 3 heterocycles. The number of fused-ring (bicyclic) bond motifs is 4. The molecule has 0 amide bonds. The van der Waals surface area contributed by atoms with Crippen molar-refractivity contribution in [2.24, 2.45) is 9.98 Å². The Morgan fingerprint density at radius 1 is 0.860 bits per heavy atom. The Labute approximate surface area is 253 Å². The van der Waals surface area contributed by atoms with Crippen LogP contribution in [0.15, 0.2) is 101 Å². The molecule has 4 aromatic carbocycles. The number of rotatable bonds is 5. The van der Waals surface area contributed by atoms with Crippen LogP contribution in [0.3, 0.4) is 0 Å². The number of benzene rings is 4. The predicted molar refractivity (Wildman–Crippen MR) is 170 cm³/mol. The maximum absolute atomic E-state index is 10.5. The summed E-state index contributed by atoms with van der Waals surface area (Å²) in [5.41, 5.74) is 5.93. The molecule has 1 aromatic heterocycles. The van der Waals surface area contributed by atoms with Crippen LogP contribution in [0.4, 0.5) is 22.9 Å². The quantitative estimate of drug-likeness (QED) is 0.222. The Kier molecular flexibility index (Phi) is 6.51. The number of nitrogens with zero attached hydrogens (tertiary/aromatic N) is 5. The van der Waals surface area contributed by atoms with Gasteiger partial charge in [-0.2, -0.15) is 5.10 Å². The number of phenols is 1. The number of phenolic OH excluding ortho intramolecular Hbond substituents is 1. The molecular formula is C33H27ClN6O3. The first-order valence-electron chi connectivity index (χ1n) is 13.6. The monoisotopic (exact) mass is 590 g/mol. The van der Waals surface area contributed by atoms with Gasteiger partial charge < -0.3 is 24.8 Å². The van der Waals surface area contributed by atoms with E-state index in [9.17, 15) is 5.11 Å². The second-order valence-corrected chi connectivity index (χ2v) is 10.5. The van der Waals surface area contributed by atoms with Gasteiger partial charge in [0.25, 0.3) is 0 Å². The highest BCUT2D eigenvalue weighted by atomic mass is 35.5. The molecule has 0 radical (unpaired) electrons. The zero-order chi connectivity index (χ0) is 29.7. The van der Waals surface area contributed by atoms with Gasteiger partial charge in [-0.1, -0.05) is 48.0 Å². The summed E-state index contributed by atoms with van der Waals surface area (Å²) in [7, 11) is 3.13. The minimum Gasteiger partial charge on any atom is -0.504 e. The van der Waals surface area contributed by atoms with Crippen molar-refractivity contribution < 1.29 is 14.6 Å². The van der Waals surface area contributed by atoms with Crippen LogP contribution in [0, 0.1) is 6.92 Å². The maximum atomic E-state index is 10.5. The third-order valence-electron chi connectivity index (χ3n) is 7.57. The van der Waals surface area contributed by atoms with E-state index in [-0.39, 0.29) is 11.8 Å². The number of para-hydroxylation sites is 3. The summed E-state index contributed by atoms with van der Waals surface area (Å²) in [6.45, 7) is 1.99. The van der Waals surface area contributed by atoms with E-state index < -0.39 is 0 Å². The molecule has 2 aliphatic heterocycles. The van der Waals surface area contributed by atoms with E-state index in [0.29, 0.717) is 34.0 Å². The fourth-order valence-corrected chi connectivity index (χ4v) is 5.87. The van der Waals surface area contributed by atoms with Crippen molar-refractivity contribution in [2.45, 2.75) is 13.0 Å². The molecule has 0 bridgehead atoms. The number of anilines is 2. The Morgan fingerprint density at radius 3 is 2.40 bits per heavy atom. The Hall–Kier alpha value is -5.28. The molecule has 5 aromatic rings. The lowest BCUT2D eigenvalue weighted by Gasteiger charge is -2.40. The van der Waals surface area contributed by atoms with Crippen molar-refractivity contribution in [3.05, 3.63) is 113 Å². The van der Waals surface area contributed by atoms with Gasteiger partial charge in [0.2, 0.25) is 0 Å². The fraction of sp³-hybridized carbons (Fsp3) is 0.121. The van der Waals surface area contributed by atoms with E-state index in [2.05, 4.69) is 10.2 Å². The SMILES string of the molecule is COc1cc(C2c3c(C)nn(-c4ccccc4)c3N=C3C(Nc4ccc(OC)c(Cl)c4)=Nc4ccccc4N32)ccc1O. The van der Waals surface area contributed by atoms with Crippen LogP contribution in [0.5, 0.6) is 17.2 Å². The van der Waals surface area contributed by atoms with E-state index in [1.165, 1.54) is 0 Å². The van der Waals surface area contributed by atoms with Gasteiger partial charge in [0.1, 0.15) is 5.75 Å². The fourth-order valence-electron chi connectivity index (χ4n) is 5.61. The van der Waals surface area contributed by atoms with Crippen LogP contribution in [0.1, 0.15) is 22.9 Å². The first kappa shape index (κ1) is 26.6. The zero-order valence-corrected chi connectivity index (χ0v) is 24.4. The van der Waals surface area contributed by atoms with Crippen LogP contribution in [0.2, 0.25) is 5.02 Å². The molecule has 1 unspecified atom stereocenters. The molecule has 10 heteroatoms. The molecular weight excluding hydrogens is 564 g/mol. The Morgan fingerprint density at radius 2 is 1.63 bits per heavy atom. The number of aromatic hydroxyl groups is 1. The van der Waals surface area contributed by atoms with Crippen molar-refractivity contribution >= 4 is 46.2 Å². The largest absolute Gasteiger partial charge is 0.504 e. The molecule has 2 aliphatic rings. The summed E-state index contributed by atoms with van der Waals surface area (Å²) in [5, 5.41) is 19.4. The molecule has 1 atom stereocenters. The van der Waals surface area contributed by atoms with Gasteiger partial charge >= 0.3 is 0 Å². The van der Waals surface area contributed by atoms with Crippen molar-refractivity contribution in [3.63, 3.8) is 0 Å². The highest BCUT2D eigenvalue weighted by molar-refractivity contribution is 6.51. The molecule has 0 saturated heterocycles. The lowest BCUT2D eigenvalue weighted by Crippen LogP contribution is -2.46. The summed E-state index contributed by atoms with van der Waals surface area (Å²) < 4.78 is 12.7. The number of aryl methyl sites for hydroxylation is 1. The van der Waals surface area contributed by atoms with E-state index in [1.807, 2.05) is 84.4 Å². The number of ether oxygens (including phenoxy) is 2. The van der Waals surface area contributed by atoms with E-state index in [4.69, 9.17) is 36.2 Å². The number of halogens is 1. The summed E-state index contributed by atoms with van der Waals surface area (Å²) in [5.74, 6) is 2.85. The van der Waals surface area contributed by atoms with Crippen LogP contribution < -0.4 is 19.7 Å². The number of aromatic nitrogens is 2. The van der Waals surface area contributed by atoms with Crippen molar-refractivity contribution in [2.75, 3.05) is 24.4 Å². The van der Waals surface area contributed by atoms with Crippen LogP contribution >= 0.6 is 11.6 Å². The average Bonchev–Trinajstić information content (AvgIpc) is 3.36. The van der Waals surface area contributed by atoms with Crippen molar-refractivity contribution in [3.8, 4) is 22.9 Å². The normalized spacial score (nSPS) is 15.1. The van der Waals surface area contributed by atoms with Crippen LogP contribution in [-0.2, 0) is 0 Å². The lowest BCUT2D eigenvalue weighted by atomic mass is 9.93. The number of hydrogen-bond donors (Lipinski definition) is 2. The molecule has 0 fully saturated rings. The zero-order valence-electron chi connectivity index (χ0n) is 23.6. The van der Waals surface area contributed by atoms with Crippen LogP contribution in [0.25, 0.3) is 5.69 Å². The first-order valence-corrected chi connectivity index (χ1v) is 14.0. The molecule has 214 valence electrons. The molecule has 9 nitrogen and oxygen atoms in total. The number of amidine groups is 2. The number of nitrogens with one attached hydrogen (secondary N) is 1. The third-order valence-corrected chi connectivity index (χ3v) is 7.87. The minimum absolute atomic E-state index is 0.0622. The summed E-state index contributed by atoms with van der Waals surface area (Å²) >= 11 is 6.48. The number of methoxy groups -OCH3 is 2. The summed E-state index contributed by atoms with van der Waals surface area (Å²) in [6, 6.07) is 28.4. The second-order valence-electron chi connectivity index (χ2n) is 10.1. The first-order chi connectivity index (χ1) is 21.0. The third kappa shape index (κ3) is 4.45. The molecule has 0 aliphatic carbocycles. The van der Waals surface area contributed by atoms with Gasteiger partial charge in [0.05, 0.1) is 48.0 Å². The van der Waals surface area contributed by atoms with Crippen molar-refractivity contribution in [1.82, 2.24) is 9.78 Å². The average molecular weight is 591 g/mol. The molecule has 0 spiro atoms. The Bertz CT molecular complexity index is 1930. The minimum atomic E-state index is -0.373. The molecule has 2 N–H and O–H groups in total. The number of hydrogen-bond acceptors (Lipinski definition) is 8. The van der Waals surface area contributed by atoms with Crippen molar-refractivity contribution in [1.29, 1.82) is 0 Å². The smallest absolute Gasteiger partial charge is 0.179 e. The highest BCUT2D eigenvalue weighted by Crippen LogP contribution is 2.49. The van der Waals surface area contributed by atoms with Crippen LogP contribution in [-0.4, -0.2) is 40.8 Å². The van der Waals surface area contributed by atoms with Gasteiger partial charge in [-0.05, 0) is 67.1 Å². The maximum Gasteiger partial charge on any atom is 0.179 e.